The van der Waals surface area contributed by atoms with Crippen LogP contribution in [-0.2, 0) is 0 Å². The molecular weight excluding hydrogens is 296 g/mol. The normalized spacial score (nSPS) is 23.1. The molecule has 1 unspecified atom stereocenters. The topological polar surface area (TPSA) is 92.7 Å². The van der Waals surface area contributed by atoms with Crippen molar-refractivity contribution in [2.75, 3.05) is 32.7 Å². The minimum absolute atomic E-state index is 0.217. The van der Waals surface area contributed by atoms with Gasteiger partial charge in [0.25, 0.3) is 0 Å². The lowest BCUT2D eigenvalue weighted by Gasteiger charge is -2.37. The summed E-state index contributed by atoms with van der Waals surface area (Å²) in [6.07, 6.45) is 4.35. The van der Waals surface area contributed by atoms with Gasteiger partial charge in [0.2, 0.25) is 0 Å². The van der Waals surface area contributed by atoms with Crippen molar-refractivity contribution in [1.82, 2.24) is 20.0 Å². The zero-order chi connectivity index (χ0) is 16.2. The minimum atomic E-state index is -0.849. The number of rotatable bonds is 4. The van der Waals surface area contributed by atoms with Crippen LogP contribution in [0.3, 0.4) is 0 Å². The lowest BCUT2D eigenvalue weighted by molar-refractivity contribution is 0.0265. The number of likely N-dealkylation sites (tertiary alicyclic amines) is 2. The first-order valence-electron chi connectivity index (χ1n) is 8.51. The van der Waals surface area contributed by atoms with Crippen LogP contribution in [0.4, 0.5) is 4.79 Å². The fourth-order valence-electron chi connectivity index (χ4n) is 3.80. The highest BCUT2D eigenvalue weighted by Gasteiger charge is 2.30. The highest BCUT2D eigenvalue weighted by molar-refractivity contribution is 5.64. The molecule has 0 radical (unpaired) electrons. The number of carboxylic acid groups (broad SMARTS) is 1. The molecule has 2 aliphatic heterocycles. The first-order valence-corrected chi connectivity index (χ1v) is 8.51. The number of aromatic amines is 1. The van der Waals surface area contributed by atoms with E-state index < -0.39 is 6.09 Å². The monoisotopic (exact) mass is 322 g/mol. The Morgan fingerprint density at radius 2 is 1.96 bits per heavy atom. The molecule has 2 saturated heterocycles. The van der Waals surface area contributed by atoms with Crippen LogP contribution >= 0.6 is 0 Å². The molecule has 1 amide bonds. The summed E-state index contributed by atoms with van der Waals surface area (Å²) in [4.78, 5) is 14.7. The molecular formula is C16H26N4O3. The van der Waals surface area contributed by atoms with Gasteiger partial charge < -0.3 is 20.0 Å². The molecule has 2 aliphatic rings. The van der Waals surface area contributed by atoms with Crippen LogP contribution in [-0.4, -0.2) is 75.1 Å². The fourth-order valence-corrected chi connectivity index (χ4v) is 3.80. The van der Waals surface area contributed by atoms with Crippen LogP contribution in [0.5, 0.6) is 0 Å². The molecule has 0 spiro atoms. The number of aliphatic hydroxyl groups excluding tert-OH is 1. The van der Waals surface area contributed by atoms with E-state index >= 15 is 0 Å². The predicted octanol–water partition coefficient (Wildman–Crippen LogP) is 1.34. The highest BCUT2D eigenvalue weighted by Crippen LogP contribution is 2.27. The Labute approximate surface area is 136 Å². The number of amides is 1. The third kappa shape index (κ3) is 4.03. The van der Waals surface area contributed by atoms with Crippen LogP contribution in [0.15, 0.2) is 12.3 Å². The van der Waals surface area contributed by atoms with Gasteiger partial charge in [-0.1, -0.05) is 0 Å². The lowest BCUT2D eigenvalue weighted by atomic mass is 9.89. The molecule has 2 fully saturated rings. The minimum Gasteiger partial charge on any atom is -0.465 e. The van der Waals surface area contributed by atoms with E-state index in [1.807, 2.05) is 12.3 Å². The summed E-state index contributed by atoms with van der Waals surface area (Å²) in [6, 6.07) is 2.05. The zero-order valence-corrected chi connectivity index (χ0v) is 13.4. The van der Waals surface area contributed by atoms with Crippen LogP contribution in [0.2, 0.25) is 0 Å². The van der Waals surface area contributed by atoms with Crippen molar-refractivity contribution in [3.63, 3.8) is 0 Å². The molecule has 7 heteroatoms. The number of β-amino-alcohol motifs (C(OH)–C–C–N with tert-alkyl or cyclic N) is 1. The number of piperidine rings is 2. The van der Waals surface area contributed by atoms with Crippen molar-refractivity contribution in [2.24, 2.45) is 5.92 Å². The summed E-state index contributed by atoms with van der Waals surface area (Å²) >= 11 is 0. The summed E-state index contributed by atoms with van der Waals surface area (Å²) in [5, 5.41) is 26.6. The van der Waals surface area contributed by atoms with E-state index in [4.69, 9.17) is 5.11 Å². The zero-order valence-electron chi connectivity index (χ0n) is 13.4. The Bertz CT molecular complexity index is 491. The van der Waals surface area contributed by atoms with E-state index in [2.05, 4.69) is 15.1 Å². The molecule has 0 bridgehead atoms. The smallest absolute Gasteiger partial charge is 0.407 e. The molecule has 0 aromatic carbocycles. The third-order valence-electron chi connectivity index (χ3n) is 5.33. The van der Waals surface area contributed by atoms with E-state index in [9.17, 15) is 9.90 Å². The average Bonchev–Trinajstić information content (AvgIpc) is 3.10. The highest BCUT2D eigenvalue weighted by atomic mass is 16.4. The van der Waals surface area contributed by atoms with E-state index in [1.165, 1.54) is 4.90 Å². The number of carbonyl (C=O) groups is 1. The number of hydrogen-bond donors (Lipinski definition) is 3. The van der Waals surface area contributed by atoms with Gasteiger partial charge in [0.15, 0.2) is 0 Å². The first kappa shape index (κ1) is 16.3. The molecule has 1 atom stereocenters. The number of aromatic nitrogens is 2. The van der Waals surface area contributed by atoms with Crippen LogP contribution < -0.4 is 0 Å². The van der Waals surface area contributed by atoms with Crippen molar-refractivity contribution in [2.45, 2.75) is 37.7 Å². The number of aliphatic hydroxyl groups is 1. The second-order valence-electron chi connectivity index (χ2n) is 6.75. The second-order valence-corrected chi connectivity index (χ2v) is 6.75. The maximum Gasteiger partial charge on any atom is 0.407 e. The molecule has 7 nitrogen and oxygen atoms in total. The molecule has 1 aromatic rings. The van der Waals surface area contributed by atoms with Gasteiger partial charge in [-0.2, -0.15) is 5.10 Å². The maximum atomic E-state index is 10.9. The molecule has 0 saturated carbocycles. The summed E-state index contributed by atoms with van der Waals surface area (Å²) in [5.41, 5.74) is 1.14. The van der Waals surface area contributed by atoms with Crippen molar-refractivity contribution in [1.29, 1.82) is 0 Å². The molecule has 3 rings (SSSR count). The van der Waals surface area contributed by atoms with Crippen molar-refractivity contribution in [3.8, 4) is 0 Å². The fraction of sp³-hybridized carbons (Fsp3) is 0.750. The quantitative estimate of drug-likeness (QED) is 0.778. The molecule has 0 aliphatic carbocycles. The standard InChI is InChI=1S/C16H26N4O3/c21-15(13-4-9-20(10-5-13)16(22)23)11-19-7-2-12(3-8-19)14-1-6-17-18-14/h1,6,12-13,15,21H,2-5,7-11H2,(H,17,18)(H,22,23). The van der Waals surface area contributed by atoms with Crippen LogP contribution in [0.1, 0.15) is 37.3 Å². The van der Waals surface area contributed by atoms with E-state index in [0.717, 1.165) is 44.5 Å². The summed E-state index contributed by atoms with van der Waals surface area (Å²) in [5.74, 6) is 0.739. The Hall–Kier alpha value is -1.60. The average molecular weight is 322 g/mol. The van der Waals surface area contributed by atoms with Gasteiger partial charge in [0.1, 0.15) is 0 Å². The van der Waals surface area contributed by atoms with Crippen molar-refractivity contribution < 1.29 is 15.0 Å². The van der Waals surface area contributed by atoms with Gasteiger partial charge in [0, 0.05) is 31.7 Å². The first-order chi connectivity index (χ1) is 11.1. The van der Waals surface area contributed by atoms with Gasteiger partial charge in [-0.25, -0.2) is 4.79 Å². The van der Waals surface area contributed by atoms with E-state index in [1.54, 1.807) is 0 Å². The number of nitrogens with one attached hydrogen (secondary N) is 1. The van der Waals surface area contributed by atoms with E-state index in [0.29, 0.717) is 25.6 Å². The Balaban J connectivity index is 1.41. The molecule has 1 aromatic heterocycles. The Morgan fingerprint density at radius 1 is 1.26 bits per heavy atom. The van der Waals surface area contributed by atoms with Crippen molar-refractivity contribution in [3.05, 3.63) is 18.0 Å². The maximum absolute atomic E-state index is 10.9. The second kappa shape index (κ2) is 7.31. The number of hydrogen-bond acceptors (Lipinski definition) is 4. The van der Waals surface area contributed by atoms with Gasteiger partial charge in [-0.3, -0.25) is 5.10 Å². The van der Waals surface area contributed by atoms with Gasteiger partial charge >= 0.3 is 6.09 Å². The molecule has 3 N–H and O–H groups in total. The Morgan fingerprint density at radius 3 is 2.52 bits per heavy atom. The predicted molar refractivity (Wildman–Crippen MR) is 85.3 cm³/mol. The summed E-state index contributed by atoms with van der Waals surface area (Å²) < 4.78 is 0. The lowest BCUT2D eigenvalue weighted by Crippen LogP contribution is -2.45. The Kier molecular flexibility index (Phi) is 5.17. The van der Waals surface area contributed by atoms with E-state index in [-0.39, 0.29) is 12.0 Å². The molecule has 128 valence electrons. The van der Waals surface area contributed by atoms with Crippen molar-refractivity contribution >= 4 is 6.09 Å². The molecule has 23 heavy (non-hydrogen) atoms. The van der Waals surface area contributed by atoms with Gasteiger partial charge in [-0.15, -0.1) is 0 Å². The van der Waals surface area contributed by atoms with Gasteiger partial charge in [0.05, 0.1) is 11.8 Å². The van der Waals surface area contributed by atoms with Crippen LogP contribution in [0, 0.1) is 5.92 Å². The number of nitrogens with zero attached hydrogens (tertiary/aromatic N) is 3. The number of H-pyrrole nitrogens is 1. The molecule has 3 heterocycles. The SMILES string of the molecule is O=C(O)N1CCC(C(O)CN2CCC(c3cc[nH]n3)CC2)CC1. The third-order valence-corrected chi connectivity index (χ3v) is 5.33. The summed E-state index contributed by atoms with van der Waals surface area (Å²) in [7, 11) is 0. The largest absolute Gasteiger partial charge is 0.465 e. The van der Waals surface area contributed by atoms with Gasteiger partial charge in [-0.05, 0) is 50.8 Å². The van der Waals surface area contributed by atoms with Crippen LogP contribution in [0.25, 0.3) is 0 Å². The summed E-state index contributed by atoms with van der Waals surface area (Å²) in [6.45, 7) is 3.76.